The van der Waals surface area contributed by atoms with E-state index in [4.69, 9.17) is 28.4 Å². The van der Waals surface area contributed by atoms with Crippen molar-refractivity contribution in [3.8, 4) is 0 Å². The number of ether oxygens (including phenoxy) is 6. The standard InChI is InChI=1S/C76H139NO18/c1-3-5-7-9-11-13-15-17-19-21-22-23-24-25-26-27-28-29-30-31-32-33-34-35-36-38-39-41-43-45-47-49-51-53-60(81)59(77-64(82)54-52-50-48-46-44-42-40-37-20-18-16-14-12-10-8-6-4-2)58-90-74-70(88)67(85)72(62(56-79)92-74)95-76-71(89)68(86)73(63(57-80)93-76)94-75-69(87)66(84)65(83)61(55-78)91-75/h6,8,12,14,18,20,51,53,59-63,65-76,78-81,83-89H,3-5,7,9-11,13,15-17,19,21-50,52,54-58H2,1-2H3,(H,77,82)/b8-6-,14-12-,20-18-,53-51+. The third kappa shape index (κ3) is 38.4. The van der Waals surface area contributed by atoms with Crippen molar-refractivity contribution < 1.29 is 89.4 Å². The van der Waals surface area contributed by atoms with Crippen molar-refractivity contribution in [3.05, 3.63) is 48.6 Å². The Hall–Kier alpha value is -2.25. The Morgan fingerprint density at radius 2 is 0.726 bits per heavy atom. The zero-order chi connectivity index (χ0) is 68.9. The topological polar surface area (TPSA) is 307 Å². The zero-order valence-corrected chi connectivity index (χ0v) is 59.2. The molecule has 17 unspecified atom stereocenters. The summed E-state index contributed by atoms with van der Waals surface area (Å²) in [7, 11) is 0. The van der Waals surface area contributed by atoms with Crippen molar-refractivity contribution in [1.29, 1.82) is 0 Å². The van der Waals surface area contributed by atoms with Crippen LogP contribution in [0.3, 0.4) is 0 Å². The minimum Gasteiger partial charge on any atom is -0.394 e. The molecule has 3 fully saturated rings. The van der Waals surface area contributed by atoms with Gasteiger partial charge in [0, 0.05) is 6.42 Å². The summed E-state index contributed by atoms with van der Waals surface area (Å²) in [6.07, 6.45) is 44.0. The van der Waals surface area contributed by atoms with Crippen molar-refractivity contribution in [3.63, 3.8) is 0 Å². The lowest BCUT2D eigenvalue weighted by molar-refractivity contribution is -0.379. The lowest BCUT2D eigenvalue weighted by Crippen LogP contribution is -2.66. The Bertz CT molecular complexity index is 1910. The van der Waals surface area contributed by atoms with Gasteiger partial charge in [-0.25, -0.2) is 0 Å². The molecule has 12 N–H and O–H groups in total. The van der Waals surface area contributed by atoms with Crippen molar-refractivity contribution in [2.75, 3.05) is 26.4 Å². The second-order valence-electron chi connectivity index (χ2n) is 27.4. The van der Waals surface area contributed by atoms with Gasteiger partial charge in [-0.1, -0.05) is 287 Å². The minimum atomic E-state index is -1.98. The third-order valence-corrected chi connectivity index (χ3v) is 19.1. The van der Waals surface area contributed by atoms with Gasteiger partial charge in [0.2, 0.25) is 5.91 Å². The fourth-order valence-corrected chi connectivity index (χ4v) is 13.0. The maximum Gasteiger partial charge on any atom is 0.220 e. The van der Waals surface area contributed by atoms with Gasteiger partial charge in [0.25, 0.3) is 0 Å². The van der Waals surface area contributed by atoms with Crippen LogP contribution in [-0.2, 0) is 33.2 Å². The first kappa shape index (κ1) is 87.0. The molecule has 3 saturated heterocycles. The van der Waals surface area contributed by atoms with Crippen LogP contribution >= 0.6 is 0 Å². The lowest BCUT2D eigenvalue weighted by Gasteiger charge is -2.48. The van der Waals surface area contributed by atoms with Gasteiger partial charge in [0.05, 0.1) is 38.6 Å². The van der Waals surface area contributed by atoms with Crippen LogP contribution in [-0.4, -0.2) is 193 Å². The smallest absolute Gasteiger partial charge is 0.220 e. The Morgan fingerprint density at radius 1 is 0.389 bits per heavy atom. The molecule has 19 heteroatoms. The number of hydrogen-bond acceptors (Lipinski definition) is 18. The van der Waals surface area contributed by atoms with Gasteiger partial charge in [-0.05, 0) is 51.4 Å². The van der Waals surface area contributed by atoms with E-state index in [-0.39, 0.29) is 18.9 Å². The van der Waals surface area contributed by atoms with E-state index < -0.39 is 124 Å². The number of unbranched alkanes of at least 4 members (excludes halogenated alkanes) is 38. The molecule has 3 heterocycles. The molecule has 3 aliphatic heterocycles. The second-order valence-corrected chi connectivity index (χ2v) is 27.4. The molecule has 0 aromatic rings. The van der Waals surface area contributed by atoms with Gasteiger partial charge in [0.1, 0.15) is 73.2 Å². The van der Waals surface area contributed by atoms with Crippen LogP contribution in [0.25, 0.3) is 0 Å². The maximum atomic E-state index is 13.4. The highest BCUT2D eigenvalue weighted by atomic mass is 16.8. The first-order valence-electron chi connectivity index (χ1n) is 38.4. The quantitative estimate of drug-likeness (QED) is 0.0199. The number of hydrogen-bond donors (Lipinski definition) is 12. The molecule has 95 heavy (non-hydrogen) atoms. The minimum absolute atomic E-state index is 0.231. The molecule has 556 valence electrons. The number of amides is 1. The number of carbonyl (C=O) groups is 1. The van der Waals surface area contributed by atoms with Crippen LogP contribution in [0.2, 0.25) is 0 Å². The molecule has 3 rings (SSSR count). The number of allylic oxidation sites excluding steroid dienone is 7. The molecule has 0 aliphatic carbocycles. The first-order valence-corrected chi connectivity index (χ1v) is 38.4. The highest BCUT2D eigenvalue weighted by molar-refractivity contribution is 5.76. The van der Waals surface area contributed by atoms with Crippen LogP contribution in [0, 0.1) is 0 Å². The van der Waals surface area contributed by atoms with Gasteiger partial charge >= 0.3 is 0 Å². The summed E-state index contributed by atoms with van der Waals surface area (Å²) in [6.45, 7) is 1.64. The Balaban J connectivity index is 1.37. The van der Waals surface area contributed by atoms with Crippen LogP contribution in [0.4, 0.5) is 0 Å². The van der Waals surface area contributed by atoms with E-state index in [2.05, 4.69) is 55.6 Å². The van der Waals surface area contributed by atoms with E-state index in [9.17, 15) is 61.0 Å². The van der Waals surface area contributed by atoms with E-state index in [1.54, 1.807) is 6.08 Å². The largest absolute Gasteiger partial charge is 0.394 e. The normalized spacial score (nSPS) is 27.4. The van der Waals surface area contributed by atoms with Crippen LogP contribution in [0.1, 0.15) is 296 Å². The van der Waals surface area contributed by atoms with E-state index in [0.29, 0.717) is 6.42 Å². The SMILES string of the molecule is CC/C=C\C/C=C\C/C=C\CCCCCCCCCC(=O)NC(COC1OC(CO)C(OC2OC(CO)C(OC3OC(CO)C(O)C(O)C3O)C(O)C2O)C(O)C1O)C(O)/C=C/CCCCCCCCCCCCCCCCCCCCCCCCCCCCCCCCC. The summed E-state index contributed by atoms with van der Waals surface area (Å²) < 4.78 is 34.4. The Labute approximate surface area is 573 Å². The molecule has 3 aliphatic rings. The summed E-state index contributed by atoms with van der Waals surface area (Å²) in [5, 5.41) is 121. The predicted octanol–water partition coefficient (Wildman–Crippen LogP) is 11.7. The molecule has 0 aromatic heterocycles. The highest BCUT2D eigenvalue weighted by Crippen LogP contribution is 2.33. The fourth-order valence-electron chi connectivity index (χ4n) is 13.0. The van der Waals surface area contributed by atoms with Gasteiger partial charge in [-0.3, -0.25) is 4.79 Å². The van der Waals surface area contributed by atoms with E-state index in [0.717, 1.165) is 89.9 Å². The maximum absolute atomic E-state index is 13.4. The Kier molecular flexibility index (Phi) is 52.5. The first-order chi connectivity index (χ1) is 46.3. The molecule has 1 amide bonds. The van der Waals surface area contributed by atoms with Crippen molar-refractivity contribution in [2.45, 2.75) is 401 Å². The van der Waals surface area contributed by atoms with Crippen molar-refractivity contribution in [2.24, 2.45) is 0 Å². The molecule has 0 bridgehead atoms. The van der Waals surface area contributed by atoms with Crippen molar-refractivity contribution >= 4 is 5.91 Å². The lowest BCUT2D eigenvalue weighted by atomic mass is 9.96. The van der Waals surface area contributed by atoms with Gasteiger partial charge in [-0.15, -0.1) is 0 Å². The number of rotatable bonds is 60. The average Bonchev–Trinajstić information content (AvgIpc) is 0.787. The molecular weight excluding hydrogens is 1210 g/mol. The number of aliphatic hydroxyl groups excluding tert-OH is 11. The third-order valence-electron chi connectivity index (χ3n) is 19.1. The monoisotopic (exact) mass is 1350 g/mol. The van der Waals surface area contributed by atoms with Crippen LogP contribution in [0.15, 0.2) is 48.6 Å². The molecular formula is C76H139NO18. The number of aliphatic hydroxyl groups is 11. The molecule has 0 saturated carbocycles. The van der Waals surface area contributed by atoms with Gasteiger partial charge < -0.3 is 89.9 Å². The number of nitrogens with one attached hydrogen (secondary N) is 1. The summed E-state index contributed by atoms with van der Waals surface area (Å²) >= 11 is 0. The molecule has 0 spiro atoms. The van der Waals surface area contributed by atoms with Crippen LogP contribution in [0.5, 0.6) is 0 Å². The summed E-state index contributed by atoms with van der Waals surface area (Å²) in [6, 6.07) is -0.981. The average molecular weight is 1350 g/mol. The van der Waals surface area contributed by atoms with E-state index >= 15 is 0 Å². The molecule has 0 aromatic carbocycles. The summed E-state index contributed by atoms with van der Waals surface area (Å²) in [5.41, 5.74) is 0. The second kappa shape index (κ2) is 57.4. The van der Waals surface area contributed by atoms with E-state index in [1.165, 1.54) is 180 Å². The Morgan fingerprint density at radius 3 is 1.14 bits per heavy atom. The van der Waals surface area contributed by atoms with Gasteiger partial charge in [-0.2, -0.15) is 0 Å². The van der Waals surface area contributed by atoms with Crippen molar-refractivity contribution in [1.82, 2.24) is 5.32 Å². The fraction of sp³-hybridized carbons (Fsp3) is 0.882. The van der Waals surface area contributed by atoms with Gasteiger partial charge in [0.15, 0.2) is 18.9 Å². The predicted molar refractivity (Wildman–Crippen MR) is 374 cm³/mol. The summed E-state index contributed by atoms with van der Waals surface area (Å²) in [5.74, 6) is -0.284. The van der Waals surface area contributed by atoms with Crippen LogP contribution < -0.4 is 5.32 Å². The highest BCUT2D eigenvalue weighted by Gasteiger charge is 2.53. The zero-order valence-electron chi connectivity index (χ0n) is 59.2. The molecule has 19 nitrogen and oxygen atoms in total. The summed E-state index contributed by atoms with van der Waals surface area (Å²) in [4.78, 5) is 13.4. The molecule has 0 radical (unpaired) electrons. The van der Waals surface area contributed by atoms with E-state index in [1.807, 2.05) is 6.08 Å². The molecule has 17 atom stereocenters. The number of carbonyl (C=O) groups excluding carboxylic acids is 1.